The van der Waals surface area contributed by atoms with E-state index in [4.69, 9.17) is 9.15 Å². The molecule has 2 heterocycles. The smallest absolute Gasteiger partial charge is 0.290 e. The van der Waals surface area contributed by atoms with E-state index in [0.29, 0.717) is 19.7 Å². The second kappa shape index (κ2) is 9.38. The number of carbonyl (C=O) groups excluding carboxylic acids is 1. The Morgan fingerprint density at radius 1 is 1.03 bits per heavy atom. The summed E-state index contributed by atoms with van der Waals surface area (Å²) < 4.78 is 37.8. The highest BCUT2D eigenvalue weighted by atomic mass is 79.9. The van der Waals surface area contributed by atoms with Gasteiger partial charge < -0.3 is 14.1 Å². The molecule has 2 aromatic carbocycles. The molecule has 1 aliphatic rings. The van der Waals surface area contributed by atoms with Crippen LogP contribution in [0.2, 0.25) is 0 Å². The fraction of sp³-hybridized carbons (Fsp3) is 0.261. The summed E-state index contributed by atoms with van der Waals surface area (Å²) in [6, 6.07) is 18.7. The lowest BCUT2D eigenvalue weighted by Gasteiger charge is -2.24. The SMILES string of the molecule is O=C(c1ccc(S(=O)(=O)c2ccc(Br)cc2)o1)N(Cc1ccccc1)CC1CCCO1. The number of benzene rings is 2. The van der Waals surface area contributed by atoms with E-state index in [1.54, 1.807) is 17.0 Å². The van der Waals surface area contributed by atoms with Crippen LogP contribution in [0.4, 0.5) is 0 Å². The van der Waals surface area contributed by atoms with Gasteiger partial charge in [-0.05, 0) is 54.8 Å². The van der Waals surface area contributed by atoms with Gasteiger partial charge in [0, 0.05) is 24.2 Å². The molecule has 0 radical (unpaired) electrons. The van der Waals surface area contributed by atoms with Gasteiger partial charge >= 0.3 is 0 Å². The Morgan fingerprint density at radius 2 is 1.77 bits per heavy atom. The van der Waals surface area contributed by atoms with Crippen LogP contribution in [0.5, 0.6) is 0 Å². The number of sulfone groups is 1. The fourth-order valence-corrected chi connectivity index (χ4v) is 4.96. The van der Waals surface area contributed by atoms with Crippen molar-refractivity contribution in [3.05, 3.63) is 82.5 Å². The van der Waals surface area contributed by atoms with E-state index in [0.717, 1.165) is 22.9 Å². The number of halogens is 1. The summed E-state index contributed by atoms with van der Waals surface area (Å²) in [5.41, 5.74) is 0.975. The third-order valence-corrected chi connectivity index (χ3v) is 7.30. The lowest BCUT2D eigenvalue weighted by Crippen LogP contribution is -2.36. The summed E-state index contributed by atoms with van der Waals surface area (Å²) in [6.07, 6.45) is 1.82. The monoisotopic (exact) mass is 503 g/mol. The molecule has 4 rings (SSSR count). The highest BCUT2D eigenvalue weighted by molar-refractivity contribution is 9.10. The predicted molar refractivity (Wildman–Crippen MR) is 118 cm³/mol. The second-order valence-corrected chi connectivity index (χ2v) is 10.2. The third-order valence-electron chi connectivity index (χ3n) is 5.13. The number of ether oxygens (including phenoxy) is 1. The maximum atomic E-state index is 13.2. The summed E-state index contributed by atoms with van der Waals surface area (Å²) in [4.78, 5) is 15.0. The number of nitrogens with zero attached hydrogens (tertiary/aromatic N) is 1. The van der Waals surface area contributed by atoms with Crippen molar-refractivity contribution in [3.8, 4) is 0 Å². The maximum absolute atomic E-state index is 13.2. The molecule has 0 N–H and O–H groups in total. The average molecular weight is 504 g/mol. The van der Waals surface area contributed by atoms with Crippen LogP contribution in [-0.4, -0.2) is 38.5 Å². The first-order chi connectivity index (χ1) is 14.9. The molecule has 0 bridgehead atoms. The van der Waals surface area contributed by atoms with Crippen LogP contribution in [0.3, 0.4) is 0 Å². The quantitative estimate of drug-likeness (QED) is 0.467. The number of hydrogen-bond acceptors (Lipinski definition) is 5. The number of furan rings is 1. The average Bonchev–Trinajstić information content (AvgIpc) is 3.46. The van der Waals surface area contributed by atoms with Gasteiger partial charge in [0.05, 0.1) is 11.0 Å². The van der Waals surface area contributed by atoms with E-state index in [9.17, 15) is 13.2 Å². The second-order valence-electron chi connectivity index (χ2n) is 7.38. The van der Waals surface area contributed by atoms with Crippen LogP contribution < -0.4 is 0 Å². The van der Waals surface area contributed by atoms with E-state index < -0.39 is 9.84 Å². The van der Waals surface area contributed by atoms with Crippen molar-refractivity contribution in [3.63, 3.8) is 0 Å². The number of amides is 1. The van der Waals surface area contributed by atoms with Gasteiger partial charge in [-0.2, -0.15) is 0 Å². The fourth-order valence-electron chi connectivity index (χ4n) is 3.52. The molecule has 1 atom stereocenters. The Bertz CT molecular complexity index is 1140. The predicted octanol–water partition coefficient (Wildman–Crippen LogP) is 4.70. The van der Waals surface area contributed by atoms with Gasteiger partial charge in [-0.1, -0.05) is 46.3 Å². The molecule has 3 aromatic rings. The third kappa shape index (κ3) is 5.08. The van der Waals surface area contributed by atoms with E-state index in [-0.39, 0.29) is 27.8 Å². The minimum absolute atomic E-state index is 0.00962. The van der Waals surface area contributed by atoms with Gasteiger partial charge in [-0.3, -0.25) is 4.79 Å². The van der Waals surface area contributed by atoms with Gasteiger partial charge in [0.1, 0.15) is 0 Å². The van der Waals surface area contributed by atoms with Gasteiger partial charge in [-0.15, -0.1) is 0 Å². The maximum Gasteiger partial charge on any atom is 0.290 e. The van der Waals surface area contributed by atoms with E-state index in [1.165, 1.54) is 24.3 Å². The number of hydrogen-bond donors (Lipinski definition) is 0. The van der Waals surface area contributed by atoms with Gasteiger partial charge in [-0.25, -0.2) is 8.42 Å². The van der Waals surface area contributed by atoms with E-state index >= 15 is 0 Å². The van der Waals surface area contributed by atoms with E-state index in [1.807, 2.05) is 30.3 Å². The highest BCUT2D eigenvalue weighted by Gasteiger charge is 2.28. The van der Waals surface area contributed by atoms with Gasteiger partial charge in [0.25, 0.3) is 5.91 Å². The summed E-state index contributed by atoms with van der Waals surface area (Å²) >= 11 is 3.29. The molecular formula is C23H22BrNO5S. The van der Waals surface area contributed by atoms with Crippen LogP contribution in [-0.2, 0) is 21.1 Å². The topological polar surface area (TPSA) is 76.8 Å². The normalized spacial score (nSPS) is 16.4. The van der Waals surface area contributed by atoms with Crippen molar-refractivity contribution in [1.82, 2.24) is 4.90 Å². The molecule has 0 saturated carbocycles. The van der Waals surface area contributed by atoms with Crippen LogP contribution in [0.15, 0.2) is 85.6 Å². The first-order valence-electron chi connectivity index (χ1n) is 9.99. The lowest BCUT2D eigenvalue weighted by molar-refractivity contribution is 0.0480. The molecule has 1 aliphatic heterocycles. The van der Waals surface area contributed by atoms with Crippen molar-refractivity contribution < 1.29 is 22.4 Å². The minimum Gasteiger partial charge on any atom is -0.439 e. The van der Waals surface area contributed by atoms with Crippen molar-refractivity contribution in [2.24, 2.45) is 0 Å². The molecule has 31 heavy (non-hydrogen) atoms. The zero-order valence-corrected chi connectivity index (χ0v) is 19.1. The van der Waals surface area contributed by atoms with Crippen molar-refractivity contribution in [2.45, 2.75) is 35.5 Å². The van der Waals surface area contributed by atoms with Crippen LogP contribution in [0.1, 0.15) is 29.0 Å². The van der Waals surface area contributed by atoms with Crippen molar-refractivity contribution in [2.75, 3.05) is 13.2 Å². The van der Waals surface area contributed by atoms with Crippen LogP contribution in [0, 0.1) is 0 Å². The molecular weight excluding hydrogens is 482 g/mol. The number of rotatable bonds is 7. The Hall–Kier alpha value is -2.42. The molecule has 8 heteroatoms. The first kappa shape index (κ1) is 21.8. The first-order valence-corrected chi connectivity index (χ1v) is 12.3. The Morgan fingerprint density at radius 3 is 2.45 bits per heavy atom. The van der Waals surface area contributed by atoms with Crippen LogP contribution in [0.25, 0.3) is 0 Å². The highest BCUT2D eigenvalue weighted by Crippen LogP contribution is 2.25. The molecule has 1 aromatic heterocycles. The summed E-state index contributed by atoms with van der Waals surface area (Å²) in [7, 11) is -3.86. The zero-order chi connectivity index (χ0) is 21.8. The van der Waals surface area contributed by atoms with Crippen molar-refractivity contribution in [1.29, 1.82) is 0 Å². The van der Waals surface area contributed by atoms with Gasteiger partial charge in [0.15, 0.2) is 5.76 Å². The molecule has 6 nitrogen and oxygen atoms in total. The molecule has 1 fully saturated rings. The Labute approximate surface area is 189 Å². The Kier molecular flexibility index (Phi) is 6.60. The van der Waals surface area contributed by atoms with Crippen LogP contribution >= 0.6 is 15.9 Å². The molecule has 0 aliphatic carbocycles. The van der Waals surface area contributed by atoms with Crippen molar-refractivity contribution >= 4 is 31.7 Å². The summed E-state index contributed by atoms with van der Waals surface area (Å²) in [5, 5.41) is -0.255. The molecule has 1 unspecified atom stereocenters. The molecule has 162 valence electrons. The largest absolute Gasteiger partial charge is 0.439 e. The summed E-state index contributed by atoms with van der Waals surface area (Å²) in [6.45, 7) is 1.49. The molecule has 1 saturated heterocycles. The lowest BCUT2D eigenvalue weighted by atomic mass is 10.1. The molecule has 0 spiro atoms. The van der Waals surface area contributed by atoms with E-state index in [2.05, 4.69) is 15.9 Å². The zero-order valence-electron chi connectivity index (χ0n) is 16.7. The number of carbonyl (C=O) groups is 1. The Balaban J connectivity index is 1.58. The minimum atomic E-state index is -3.86. The standard InChI is InChI=1S/C23H22BrNO5S/c24-18-8-10-20(11-9-18)31(27,28)22-13-12-21(30-22)23(26)25(16-19-7-4-14-29-19)15-17-5-2-1-3-6-17/h1-3,5-6,8-13,19H,4,7,14-16H2. The summed E-state index contributed by atoms with van der Waals surface area (Å²) in [5.74, 6) is -0.374. The molecule has 1 amide bonds. The van der Waals surface area contributed by atoms with Gasteiger partial charge in [0.2, 0.25) is 14.9 Å².